The van der Waals surface area contributed by atoms with Crippen LogP contribution in [0.4, 0.5) is 4.79 Å². The average molecular weight is 424 g/mol. The van der Waals surface area contributed by atoms with E-state index in [0.717, 1.165) is 5.56 Å². The quantitative estimate of drug-likeness (QED) is 0.448. The summed E-state index contributed by atoms with van der Waals surface area (Å²) in [5.41, 5.74) is 1.63. The van der Waals surface area contributed by atoms with Crippen LogP contribution in [0, 0.1) is 5.92 Å². The number of hydrogen-bond donors (Lipinski definition) is 2. The maximum atomic E-state index is 12.3. The lowest BCUT2D eigenvalue weighted by Crippen LogP contribution is -2.33. The Bertz CT molecular complexity index is 925. The third kappa shape index (κ3) is 5.69. The number of ether oxygens (including phenoxy) is 1. The van der Waals surface area contributed by atoms with E-state index in [1.54, 1.807) is 24.3 Å². The van der Waals surface area contributed by atoms with E-state index >= 15 is 0 Å². The van der Waals surface area contributed by atoms with E-state index < -0.39 is 18.0 Å². The fourth-order valence-corrected chi connectivity index (χ4v) is 3.40. The first kappa shape index (κ1) is 22.0. The van der Waals surface area contributed by atoms with Crippen molar-refractivity contribution < 1.29 is 29.0 Å². The Labute approximate surface area is 179 Å². The minimum absolute atomic E-state index is 0.0596. The number of aliphatic carboxylic acids is 1. The number of fused-ring (bicyclic) bond motifs is 1. The van der Waals surface area contributed by atoms with Crippen LogP contribution in [0.25, 0.3) is 0 Å². The second kappa shape index (κ2) is 10.4. The summed E-state index contributed by atoms with van der Waals surface area (Å²) in [6.07, 6.45) is 0.595. The lowest BCUT2D eigenvalue weighted by molar-refractivity contribution is -0.141. The maximum Gasteiger partial charge on any atom is 0.407 e. The van der Waals surface area contributed by atoms with Gasteiger partial charge in [-0.3, -0.25) is 19.3 Å². The number of carbonyl (C=O) groups excluding carboxylic acids is 3. The van der Waals surface area contributed by atoms with E-state index in [4.69, 9.17) is 4.74 Å². The molecular formula is C23H24N2O6. The topological polar surface area (TPSA) is 113 Å². The number of benzene rings is 2. The van der Waals surface area contributed by atoms with Crippen LogP contribution in [0.3, 0.4) is 0 Å². The van der Waals surface area contributed by atoms with Gasteiger partial charge in [-0.25, -0.2) is 4.79 Å². The molecule has 8 nitrogen and oxygen atoms in total. The predicted octanol–water partition coefficient (Wildman–Crippen LogP) is 3.08. The molecule has 0 saturated heterocycles. The fraction of sp³-hybridized carbons (Fsp3) is 0.304. The molecule has 2 N–H and O–H groups in total. The number of nitrogens with zero attached hydrogens (tertiary/aromatic N) is 1. The number of amides is 3. The standard InChI is InChI=1S/C23H24N2O6/c26-20-18-11-4-5-12-19(18)21(27)25(20)13-7-6-10-17(22(28)29)14-24-23(30)31-15-16-8-2-1-3-9-16/h1-5,8-9,11-12,17H,6-7,10,13-15H2,(H,24,30)(H,28,29)/t17-/m0/s1. The van der Waals surface area contributed by atoms with E-state index in [1.807, 2.05) is 30.3 Å². The molecule has 1 aliphatic heterocycles. The molecule has 0 spiro atoms. The monoisotopic (exact) mass is 424 g/mol. The van der Waals surface area contributed by atoms with Crippen molar-refractivity contribution in [2.24, 2.45) is 5.92 Å². The zero-order valence-electron chi connectivity index (χ0n) is 17.0. The molecule has 2 aromatic rings. The van der Waals surface area contributed by atoms with Crippen molar-refractivity contribution in [3.8, 4) is 0 Å². The number of nitrogens with one attached hydrogen (secondary N) is 1. The van der Waals surface area contributed by atoms with Crippen LogP contribution in [0.2, 0.25) is 0 Å². The molecule has 162 valence electrons. The van der Waals surface area contributed by atoms with E-state index in [2.05, 4.69) is 5.32 Å². The Hall–Kier alpha value is -3.68. The van der Waals surface area contributed by atoms with E-state index in [9.17, 15) is 24.3 Å². The van der Waals surface area contributed by atoms with Crippen molar-refractivity contribution in [3.63, 3.8) is 0 Å². The first-order valence-corrected chi connectivity index (χ1v) is 10.1. The molecule has 0 aliphatic carbocycles. The summed E-state index contributed by atoms with van der Waals surface area (Å²) in [5.74, 6) is -2.45. The molecule has 0 fully saturated rings. The highest BCUT2D eigenvalue weighted by Crippen LogP contribution is 2.23. The van der Waals surface area contributed by atoms with Crippen LogP contribution >= 0.6 is 0 Å². The zero-order valence-corrected chi connectivity index (χ0v) is 17.0. The Morgan fingerprint density at radius 1 is 0.935 bits per heavy atom. The van der Waals surface area contributed by atoms with Crippen LogP contribution in [-0.2, 0) is 16.1 Å². The number of carbonyl (C=O) groups is 4. The number of hydrogen-bond acceptors (Lipinski definition) is 5. The van der Waals surface area contributed by atoms with Crippen LogP contribution in [-0.4, -0.2) is 47.0 Å². The summed E-state index contributed by atoms with van der Waals surface area (Å²) in [7, 11) is 0. The highest BCUT2D eigenvalue weighted by atomic mass is 16.5. The largest absolute Gasteiger partial charge is 0.481 e. The smallest absolute Gasteiger partial charge is 0.407 e. The zero-order chi connectivity index (χ0) is 22.2. The van der Waals surface area contributed by atoms with Crippen molar-refractivity contribution in [1.29, 1.82) is 0 Å². The molecule has 0 unspecified atom stereocenters. The van der Waals surface area contributed by atoms with Gasteiger partial charge in [-0.2, -0.15) is 0 Å². The predicted molar refractivity (Wildman–Crippen MR) is 111 cm³/mol. The minimum atomic E-state index is -1.02. The van der Waals surface area contributed by atoms with Gasteiger partial charge in [0, 0.05) is 13.1 Å². The molecule has 0 aromatic heterocycles. The Morgan fingerprint density at radius 2 is 1.55 bits per heavy atom. The highest BCUT2D eigenvalue weighted by Gasteiger charge is 2.34. The fourth-order valence-electron chi connectivity index (χ4n) is 3.40. The summed E-state index contributed by atoms with van der Waals surface area (Å²) < 4.78 is 5.08. The number of unbranched alkanes of at least 4 members (excludes halogenated alkanes) is 1. The first-order valence-electron chi connectivity index (χ1n) is 10.1. The minimum Gasteiger partial charge on any atom is -0.481 e. The lowest BCUT2D eigenvalue weighted by Gasteiger charge is -2.16. The number of alkyl carbamates (subject to hydrolysis) is 1. The summed E-state index contributed by atoms with van der Waals surface area (Å²) in [6.45, 7) is 0.270. The summed E-state index contributed by atoms with van der Waals surface area (Å²) >= 11 is 0. The van der Waals surface area contributed by atoms with E-state index in [-0.39, 0.29) is 31.5 Å². The van der Waals surface area contributed by atoms with E-state index in [0.29, 0.717) is 30.4 Å². The molecule has 1 atom stereocenters. The van der Waals surface area contributed by atoms with Crippen molar-refractivity contribution in [2.45, 2.75) is 25.9 Å². The molecule has 3 amide bonds. The van der Waals surface area contributed by atoms with Gasteiger partial charge in [0.25, 0.3) is 11.8 Å². The van der Waals surface area contributed by atoms with Crippen molar-refractivity contribution in [2.75, 3.05) is 13.1 Å². The molecule has 8 heteroatoms. The van der Waals surface area contributed by atoms with Crippen molar-refractivity contribution in [1.82, 2.24) is 10.2 Å². The lowest BCUT2D eigenvalue weighted by atomic mass is 10.0. The van der Waals surface area contributed by atoms with E-state index in [1.165, 1.54) is 4.90 Å². The molecule has 0 saturated carbocycles. The van der Waals surface area contributed by atoms with Crippen molar-refractivity contribution >= 4 is 23.9 Å². The number of carboxylic acids is 1. The third-order valence-electron chi connectivity index (χ3n) is 5.12. The van der Waals surface area contributed by atoms with Crippen LogP contribution in [0.1, 0.15) is 45.5 Å². The molecule has 31 heavy (non-hydrogen) atoms. The van der Waals surface area contributed by atoms with Crippen LogP contribution < -0.4 is 5.32 Å². The molecule has 1 heterocycles. The Kier molecular flexibility index (Phi) is 7.37. The van der Waals surface area contributed by atoms with Gasteiger partial charge in [-0.05, 0) is 30.5 Å². The number of carboxylic acid groups (broad SMARTS) is 1. The summed E-state index contributed by atoms with van der Waals surface area (Å²) in [4.78, 5) is 49.2. The van der Waals surface area contributed by atoms with Gasteiger partial charge < -0.3 is 15.2 Å². The molecule has 3 rings (SSSR count). The Balaban J connectivity index is 1.39. The summed E-state index contributed by atoms with van der Waals surface area (Å²) in [6, 6.07) is 15.8. The van der Waals surface area contributed by atoms with Crippen LogP contribution in [0.15, 0.2) is 54.6 Å². The third-order valence-corrected chi connectivity index (χ3v) is 5.12. The summed E-state index contributed by atoms with van der Waals surface area (Å²) in [5, 5.41) is 11.9. The van der Waals surface area contributed by atoms with Crippen LogP contribution in [0.5, 0.6) is 0 Å². The Morgan fingerprint density at radius 3 is 2.16 bits per heavy atom. The molecular weight excluding hydrogens is 400 g/mol. The highest BCUT2D eigenvalue weighted by molar-refractivity contribution is 6.21. The second-order valence-corrected chi connectivity index (χ2v) is 7.28. The number of imide groups is 1. The molecule has 2 aromatic carbocycles. The van der Waals surface area contributed by atoms with Gasteiger partial charge in [-0.15, -0.1) is 0 Å². The van der Waals surface area contributed by atoms with Gasteiger partial charge in [-0.1, -0.05) is 48.9 Å². The molecule has 0 bridgehead atoms. The molecule has 1 aliphatic rings. The van der Waals surface area contributed by atoms with Gasteiger partial charge in [0.2, 0.25) is 0 Å². The maximum absolute atomic E-state index is 12.3. The first-order chi connectivity index (χ1) is 15.0. The van der Waals surface area contributed by atoms with Gasteiger partial charge in [0.15, 0.2) is 0 Å². The number of rotatable bonds is 10. The average Bonchev–Trinajstić information content (AvgIpc) is 3.02. The van der Waals surface area contributed by atoms with Crippen molar-refractivity contribution in [3.05, 3.63) is 71.3 Å². The van der Waals surface area contributed by atoms with Gasteiger partial charge in [0.05, 0.1) is 17.0 Å². The normalized spacial score (nSPS) is 13.6. The second-order valence-electron chi connectivity index (χ2n) is 7.28. The van der Waals surface area contributed by atoms with Gasteiger partial charge in [0.1, 0.15) is 6.61 Å². The van der Waals surface area contributed by atoms with Gasteiger partial charge >= 0.3 is 12.1 Å². The SMILES string of the molecule is O=C(NC[C@H](CCCCN1C(=O)c2ccccc2C1=O)C(=O)O)OCc1ccccc1. The molecule has 0 radical (unpaired) electrons.